The molecule has 0 aliphatic carbocycles. The number of aromatic amines is 1. The van der Waals surface area contributed by atoms with E-state index in [4.69, 9.17) is 19.5 Å². The van der Waals surface area contributed by atoms with Crippen LogP contribution in [-0.2, 0) is 14.8 Å². The van der Waals surface area contributed by atoms with Crippen LogP contribution in [0.25, 0.3) is 0 Å². The molecular formula is C30H33N4O6P. The number of benzene rings is 3. The summed E-state index contributed by atoms with van der Waals surface area (Å²) in [6.45, 7) is 1.89. The van der Waals surface area contributed by atoms with Gasteiger partial charge in [-0.2, -0.15) is 0 Å². The molecule has 0 saturated carbocycles. The summed E-state index contributed by atoms with van der Waals surface area (Å²) in [5, 5.41) is 3.77. The van der Waals surface area contributed by atoms with Crippen molar-refractivity contribution in [1.29, 1.82) is 0 Å². The Hall–Kier alpha value is -3.63. The summed E-state index contributed by atoms with van der Waals surface area (Å²) in [5.74, 6) is 0.736. The van der Waals surface area contributed by atoms with Crippen molar-refractivity contribution in [3.8, 4) is 5.75 Å². The molecule has 11 heteroatoms. The minimum absolute atomic E-state index is 0.251. The summed E-state index contributed by atoms with van der Waals surface area (Å²) in [5.41, 5.74) is 7.17. The molecule has 2 heterocycles. The Labute approximate surface area is 238 Å². The molecule has 214 valence electrons. The summed E-state index contributed by atoms with van der Waals surface area (Å²) in [6.07, 6.45) is -0.217. The van der Waals surface area contributed by atoms with Gasteiger partial charge >= 0.3 is 5.69 Å². The second-order valence-corrected chi connectivity index (χ2v) is 10.7. The number of nitrogens with two attached hydrogens (primary N) is 1. The molecular weight excluding hydrogens is 543 g/mol. The predicted octanol–water partition coefficient (Wildman–Crippen LogP) is 3.29. The smallest absolute Gasteiger partial charge is 0.330 e. The quantitative estimate of drug-likeness (QED) is 0.167. The van der Waals surface area contributed by atoms with Crippen molar-refractivity contribution in [2.75, 3.05) is 13.7 Å². The number of rotatable bonds is 10. The number of aryl methyl sites for hydroxylation is 1. The van der Waals surface area contributed by atoms with E-state index < -0.39 is 43.7 Å². The van der Waals surface area contributed by atoms with Crippen LogP contribution in [0.4, 0.5) is 0 Å². The van der Waals surface area contributed by atoms with Crippen molar-refractivity contribution in [2.45, 2.75) is 37.3 Å². The van der Waals surface area contributed by atoms with E-state index >= 15 is 0 Å². The van der Waals surface area contributed by atoms with Crippen molar-refractivity contribution in [1.82, 2.24) is 14.9 Å². The highest BCUT2D eigenvalue weighted by molar-refractivity contribution is 7.43. The molecule has 1 fully saturated rings. The molecule has 0 spiro atoms. The lowest BCUT2D eigenvalue weighted by molar-refractivity contribution is -0.0175. The molecule has 1 aliphatic rings. The molecule has 0 radical (unpaired) electrons. The van der Waals surface area contributed by atoms with Crippen LogP contribution in [0.3, 0.4) is 0 Å². The standard InChI is InChI=1S/C30H33N4O6P/c1-20-19-34(29(36)33-28(20)35)27-17-25(40-41(31)37)26(39-27)18-32-30(21-9-5-3-6-10-21,22-11-7-4-8-12-22)23-13-15-24(38-2)16-14-23/h3-16,19,25-27,32,37H,17-18,31H2,1-2H3,(H,33,35,36)/t25-,26+,27+,41?/m0/s1. The van der Waals surface area contributed by atoms with Crippen LogP contribution in [0.5, 0.6) is 5.75 Å². The molecule has 4 atom stereocenters. The first kappa shape index (κ1) is 28.9. The van der Waals surface area contributed by atoms with Crippen LogP contribution in [0.15, 0.2) is 101 Å². The third kappa shape index (κ3) is 6.04. The lowest BCUT2D eigenvalue weighted by Crippen LogP contribution is -2.49. The Morgan fingerprint density at radius 3 is 2.17 bits per heavy atom. The van der Waals surface area contributed by atoms with Gasteiger partial charge in [0, 0.05) is 24.7 Å². The maximum atomic E-state index is 12.6. The van der Waals surface area contributed by atoms with Gasteiger partial charge < -0.3 is 18.9 Å². The molecule has 41 heavy (non-hydrogen) atoms. The largest absolute Gasteiger partial charge is 0.497 e. The number of nitrogens with one attached hydrogen (secondary N) is 2. The molecule has 1 unspecified atom stereocenters. The molecule has 3 aromatic carbocycles. The Bertz CT molecular complexity index is 1520. The van der Waals surface area contributed by atoms with E-state index in [9.17, 15) is 14.5 Å². The van der Waals surface area contributed by atoms with Crippen LogP contribution in [0, 0.1) is 6.92 Å². The van der Waals surface area contributed by atoms with Crippen molar-refractivity contribution in [2.24, 2.45) is 5.50 Å². The Morgan fingerprint density at radius 2 is 1.61 bits per heavy atom. The van der Waals surface area contributed by atoms with Gasteiger partial charge in [0.05, 0.1) is 24.9 Å². The van der Waals surface area contributed by atoms with E-state index in [1.54, 1.807) is 14.0 Å². The fourth-order valence-electron chi connectivity index (χ4n) is 5.38. The predicted molar refractivity (Wildman–Crippen MR) is 157 cm³/mol. The number of methoxy groups -OCH3 is 1. The number of hydrogen-bond acceptors (Lipinski definition) is 8. The third-order valence-corrected chi connectivity index (χ3v) is 7.87. The Kier molecular flexibility index (Phi) is 8.79. The lowest BCUT2D eigenvalue weighted by Gasteiger charge is -2.38. The van der Waals surface area contributed by atoms with E-state index in [0.29, 0.717) is 5.56 Å². The number of hydrogen-bond donors (Lipinski definition) is 4. The maximum Gasteiger partial charge on any atom is 0.330 e. The molecule has 5 rings (SSSR count). The summed E-state index contributed by atoms with van der Waals surface area (Å²) in [6, 6.07) is 28.0. The van der Waals surface area contributed by atoms with Crippen LogP contribution < -0.4 is 26.8 Å². The van der Waals surface area contributed by atoms with Gasteiger partial charge in [-0.05, 0) is 35.7 Å². The van der Waals surface area contributed by atoms with Crippen molar-refractivity contribution in [3.63, 3.8) is 0 Å². The van der Waals surface area contributed by atoms with Crippen molar-refractivity contribution in [3.05, 3.63) is 134 Å². The topological polar surface area (TPSA) is 141 Å². The van der Waals surface area contributed by atoms with E-state index in [0.717, 1.165) is 22.4 Å². The molecule has 4 aromatic rings. The van der Waals surface area contributed by atoms with Crippen molar-refractivity contribution >= 4 is 8.53 Å². The SMILES string of the molecule is COc1ccc(C(NC[C@H]2O[C@@H](n3cc(C)c(=O)[nH]c3=O)C[C@@H]2OP(N)O)(c2ccccc2)c2ccccc2)cc1. The minimum Gasteiger partial charge on any atom is -0.497 e. The Morgan fingerprint density at radius 1 is 1.02 bits per heavy atom. The highest BCUT2D eigenvalue weighted by Gasteiger charge is 2.42. The molecule has 0 bridgehead atoms. The second-order valence-electron chi connectivity index (χ2n) is 9.88. The molecule has 10 nitrogen and oxygen atoms in total. The summed E-state index contributed by atoms with van der Waals surface area (Å²) >= 11 is 0. The van der Waals surface area contributed by atoms with Crippen LogP contribution in [0.1, 0.15) is 34.9 Å². The van der Waals surface area contributed by atoms with Gasteiger partial charge in [-0.15, -0.1) is 0 Å². The van der Waals surface area contributed by atoms with Gasteiger partial charge in [0.15, 0.2) is 0 Å². The van der Waals surface area contributed by atoms with E-state index in [1.807, 2.05) is 60.7 Å². The fourth-order valence-corrected chi connectivity index (χ4v) is 5.88. The first-order valence-electron chi connectivity index (χ1n) is 13.2. The number of H-pyrrole nitrogens is 1. The zero-order valence-corrected chi connectivity index (χ0v) is 23.7. The Balaban J connectivity index is 1.55. The lowest BCUT2D eigenvalue weighted by atomic mass is 9.77. The van der Waals surface area contributed by atoms with Gasteiger partial charge in [-0.3, -0.25) is 25.2 Å². The fraction of sp³-hybridized carbons (Fsp3) is 0.267. The average Bonchev–Trinajstić information content (AvgIpc) is 3.38. The van der Waals surface area contributed by atoms with E-state index in [1.165, 1.54) is 10.8 Å². The highest BCUT2D eigenvalue weighted by Crippen LogP contribution is 2.40. The zero-order chi connectivity index (χ0) is 29.0. The monoisotopic (exact) mass is 576 g/mol. The highest BCUT2D eigenvalue weighted by atomic mass is 31.2. The van der Waals surface area contributed by atoms with Crippen LogP contribution >= 0.6 is 8.53 Å². The third-order valence-electron chi connectivity index (χ3n) is 7.39. The van der Waals surface area contributed by atoms with Gasteiger partial charge in [0.2, 0.25) is 8.53 Å². The van der Waals surface area contributed by atoms with Crippen molar-refractivity contribution < 1.29 is 18.9 Å². The van der Waals surface area contributed by atoms with Gasteiger partial charge in [-0.1, -0.05) is 72.8 Å². The van der Waals surface area contributed by atoms with Gasteiger partial charge in [-0.25, -0.2) is 4.79 Å². The second kappa shape index (κ2) is 12.5. The van der Waals surface area contributed by atoms with Crippen LogP contribution in [0.2, 0.25) is 0 Å². The number of nitrogens with zero attached hydrogens (tertiary/aromatic N) is 1. The first-order valence-corrected chi connectivity index (χ1v) is 14.5. The molecule has 0 amide bonds. The normalized spacial score (nSPS) is 19.7. The summed E-state index contributed by atoms with van der Waals surface area (Å²) in [4.78, 5) is 36.8. The van der Waals surface area contributed by atoms with Gasteiger partial charge in [0.25, 0.3) is 5.56 Å². The summed E-state index contributed by atoms with van der Waals surface area (Å²) in [7, 11) is -0.557. The zero-order valence-electron chi connectivity index (χ0n) is 22.8. The molecule has 1 aromatic heterocycles. The molecule has 1 aliphatic heterocycles. The molecule has 5 N–H and O–H groups in total. The maximum absolute atomic E-state index is 12.6. The number of ether oxygens (including phenoxy) is 2. The first-order chi connectivity index (χ1) is 19.8. The minimum atomic E-state index is -2.19. The van der Waals surface area contributed by atoms with E-state index in [-0.39, 0.29) is 13.0 Å². The average molecular weight is 577 g/mol. The number of aromatic nitrogens is 2. The van der Waals surface area contributed by atoms with Gasteiger partial charge in [0.1, 0.15) is 12.0 Å². The van der Waals surface area contributed by atoms with Crippen LogP contribution in [-0.4, -0.2) is 40.3 Å². The summed E-state index contributed by atoms with van der Waals surface area (Å²) < 4.78 is 18.8. The molecule has 1 saturated heterocycles. The van der Waals surface area contributed by atoms with E-state index in [2.05, 4.69) is 34.6 Å².